The molecule has 0 aliphatic heterocycles. The molecule has 0 bridgehead atoms. The summed E-state index contributed by atoms with van der Waals surface area (Å²) in [5.74, 6) is -0.751. The van der Waals surface area contributed by atoms with Crippen molar-refractivity contribution in [2.24, 2.45) is 0 Å². The average molecular weight is 333 g/mol. The van der Waals surface area contributed by atoms with Gasteiger partial charge in [-0.2, -0.15) is 13.5 Å². The molecule has 0 fully saturated rings. The van der Waals surface area contributed by atoms with E-state index >= 15 is 0 Å². The Hall–Kier alpha value is -1.64. The van der Waals surface area contributed by atoms with Crippen molar-refractivity contribution in [1.82, 2.24) is 15.5 Å². The van der Waals surface area contributed by atoms with E-state index in [0.29, 0.717) is 18.7 Å². The Balaban J connectivity index is 2.33. The van der Waals surface area contributed by atoms with Gasteiger partial charge in [0.15, 0.2) is 5.03 Å². The van der Waals surface area contributed by atoms with Crippen LogP contribution >= 0.6 is 11.6 Å². The van der Waals surface area contributed by atoms with Crippen LogP contribution in [0.4, 0.5) is 10.1 Å². The molecule has 0 aliphatic rings. The highest BCUT2D eigenvalue weighted by Crippen LogP contribution is 2.27. The van der Waals surface area contributed by atoms with E-state index in [1.54, 1.807) is 0 Å². The van der Waals surface area contributed by atoms with E-state index in [1.165, 1.54) is 18.3 Å². The van der Waals surface area contributed by atoms with Gasteiger partial charge in [-0.1, -0.05) is 24.6 Å². The van der Waals surface area contributed by atoms with E-state index in [1.807, 2.05) is 6.92 Å². The lowest BCUT2D eigenvalue weighted by Gasteiger charge is -2.10. The SMILES string of the molecule is CCNCc1cn[nH]c1S(=O)(=O)Nc1c(F)cccc1Cl. The number of benzene rings is 1. The minimum absolute atomic E-state index is 0.0219. The van der Waals surface area contributed by atoms with Crippen LogP contribution < -0.4 is 10.0 Å². The van der Waals surface area contributed by atoms with Gasteiger partial charge in [0.2, 0.25) is 0 Å². The first-order chi connectivity index (χ1) is 9.95. The first-order valence-electron chi connectivity index (χ1n) is 6.15. The summed E-state index contributed by atoms with van der Waals surface area (Å²) in [6.07, 6.45) is 1.40. The molecule has 0 saturated heterocycles. The van der Waals surface area contributed by atoms with Gasteiger partial charge >= 0.3 is 0 Å². The summed E-state index contributed by atoms with van der Waals surface area (Å²) in [5, 5.41) is 8.98. The Morgan fingerprint density at radius 3 is 2.86 bits per heavy atom. The minimum Gasteiger partial charge on any atom is -0.313 e. The number of H-pyrrole nitrogens is 1. The largest absolute Gasteiger partial charge is 0.313 e. The van der Waals surface area contributed by atoms with Gasteiger partial charge in [-0.05, 0) is 18.7 Å². The zero-order valence-electron chi connectivity index (χ0n) is 11.2. The van der Waals surface area contributed by atoms with Crippen molar-refractivity contribution in [2.75, 3.05) is 11.3 Å². The maximum Gasteiger partial charge on any atom is 0.279 e. The third kappa shape index (κ3) is 3.52. The molecule has 2 aromatic rings. The van der Waals surface area contributed by atoms with Crippen LogP contribution in [-0.2, 0) is 16.6 Å². The second-order valence-electron chi connectivity index (χ2n) is 4.21. The van der Waals surface area contributed by atoms with Crippen molar-refractivity contribution < 1.29 is 12.8 Å². The number of aromatic amines is 1. The first-order valence-corrected chi connectivity index (χ1v) is 8.01. The van der Waals surface area contributed by atoms with Gasteiger partial charge in [0, 0.05) is 12.1 Å². The molecule has 0 radical (unpaired) electrons. The molecular formula is C12H14ClFN4O2S. The van der Waals surface area contributed by atoms with Gasteiger partial charge in [0.05, 0.1) is 11.2 Å². The van der Waals surface area contributed by atoms with Gasteiger partial charge in [-0.15, -0.1) is 0 Å². The Bertz CT molecular complexity index is 712. The van der Waals surface area contributed by atoms with Crippen LogP contribution in [0.5, 0.6) is 0 Å². The summed E-state index contributed by atoms with van der Waals surface area (Å²) < 4.78 is 40.4. The topological polar surface area (TPSA) is 86.9 Å². The molecule has 3 N–H and O–H groups in total. The van der Waals surface area contributed by atoms with E-state index in [9.17, 15) is 12.8 Å². The summed E-state index contributed by atoms with van der Waals surface area (Å²) in [5.41, 5.74) is 0.167. The fourth-order valence-corrected chi connectivity index (χ4v) is 3.19. The zero-order valence-corrected chi connectivity index (χ0v) is 12.7. The maximum absolute atomic E-state index is 13.7. The average Bonchev–Trinajstić information content (AvgIpc) is 2.90. The number of sulfonamides is 1. The normalized spacial score (nSPS) is 11.6. The van der Waals surface area contributed by atoms with Gasteiger partial charge in [0.25, 0.3) is 10.0 Å². The van der Waals surface area contributed by atoms with Gasteiger partial charge in [-0.3, -0.25) is 9.82 Å². The van der Waals surface area contributed by atoms with E-state index in [-0.39, 0.29) is 15.7 Å². The van der Waals surface area contributed by atoms with Crippen LogP contribution in [-0.4, -0.2) is 25.2 Å². The molecule has 9 heteroatoms. The lowest BCUT2D eigenvalue weighted by molar-refractivity contribution is 0.592. The van der Waals surface area contributed by atoms with E-state index < -0.39 is 15.8 Å². The number of halogens is 2. The smallest absolute Gasteiger partial charge is 0.279 e. The first kappa shape index (κ1) is 15.7. The number of para-hydroxylation sites is 1. The second-order valence-corrected chi connectivity index (χ2v) is 6.23. The van der Waals surface area contributed by atoms with Crippen LogP contribution in [0.1, 0.15) is 12.5 Å². The van der Waals surface area contributed by atoms with Crippen molar-refractivity contribution in [1.29, 1.82) is 0 Å². The molecule has 1 aromatic carbocycles. The fraction of sp³-hybridized carbons (Fsp3) is 0.250. The van der Waals surface area contributed by atoms with Crippen molar-refractivity contribution in [3.8, 4) is 0 Å². The molecule has 1 aromatic heterocycles. The number of nitrogens with one attached hydrogen (secondary N) is 3. The molecule has 0 spiro atoms. The highest BCUT2D eigenvalue weighted by molar-refractivity contribution is 7.92. The van der Waals surface area contributed by atoms with E-state index in [4.69, 9.17) is 11.6 Å². The zero-order chi connectivity index (χ0) is 15.5. The molecule has 0 amide bonds. The van der Waals surface area contributed by atoms with Crippen LogP contribution in [0.25, 0.3) is 0 Å². The fourth-order valence-electron chi connectivity index (χ4n) is 1.70. The predicted molar refractivity (Wildman–Crippen MR) is 78.2 cm³/mol. The quantitative estimate of drug-likeness (QED) is 0.756. The molecular weight excluding hydrogens is 319 g/mol. The Kier molecular flexibility index (Phi) is 4.81. The molecule has 2 rings (SSSR count). The van der Waals surface area contributed by atoms with Crippen molar-refractivity contribution in [3.05, 3.63) is 40.8 Å². The summed E-state index contributed by atoms with van der Waals surface area (Å²) >= 11 is 5.82. The highest BCUT2D eigenvalue weighted by Gasteiger charge is 2.23. The number of hydrogen-bond donors (Lipinski definition) is 3. The molecule has 114 valence electrons. The highest BCUT2D eigenvalue weighted by atomic mass is 35.5. The number of nitrogens with zero attached hydrogens (tertiary/aromatic N) is 1. The molecule has 21 heavy (non-hydrogen) atoms. The summed E-state index contributed by atoms with van der Waals surface area (Å²) in [6.45, 7) is 2.90. The van der Waals surface area contributed by atoms with E-state index in [0.717, 1.165) is 6.07 Å². The summed E-state index contributed by atoms with van der Waals surface area (Å²) in [4.78, 5) is 0. The van der Waals surface area contributed by atoms with Crippen LogP contribution in [0, 0.1) is 5.82 Å². The minimum atomic E-state index is -4.01. The molecule has 0 atom stereocenters. The molecule has 6 nitrogen and oxygen atoms in total. The third-order valence-electron chi connectivity index (χ3n) is 2.71. The molecule has 0 aliphatic carbocycles. The Morgan fingerprint density at radius 1 is 1.43 bits per heavy atom. The summed E-state index contributed by atoms with van der Waals surface area (Å²) in [6, 6.07) is 3.91. The lowest BCUT2D eigenvalue weighted by atomic mass is 10.3. The van der Waals surface area contributed by atoms with Crippen molar-refractivity contribution >= 4 is 27.3 Å². The third-order valence-corrected chi connectivity index (χ3v) is 4.39. The molecule has 1 heterocycles. The number of hydrogen-bond acceptors (Lipinski definition) is 4. The lowest BCUT2D eigenvalue weighted by Crippen LogP contribution is -2.19. The predicted octanol–water partition coefficient (Wildman–Crippen LogP) is 2.11. The van der Waals surface area contributed by atoms with Crippen LogP contribution in [0.2, 0.25) is 5.02 Å². The monoisotopic (exact) mass is 332 g/mol. The molecule has 0 unspecified atom stereocenters. The standard InChI is InChI=1S/C12H14ClFN4O2S/c1-2-15-6-8-7-16-17-12(8)21(19,20)18-11-9(13)4-3-5-10(11)14/h3-5,7,15,18H,2,6H2,1H3,(H,16,17). The maximum atomic E-state index is 13.7. The Morgan fingerprint density at radius 2 is 2.19 bits per heavy atom. The summed E-state index contributed by atoms with van der Waals surface area (Å²) in [7, 11) is -4.01. The van der Waals surface area contributed by atoms with Crippen molar-refractivity contribution in [2.45, 2.75) is 18.5 Å². The Labute approximate surface area is 126 Å². The van der Waals surface area contributed by atoms with Gasteiger partial charge in [0.1, 0.15) is 11.5 Å². The second kappa shape index (κ2) is 6.42. The molecule has 0 saturated carbocycles. The van der Waals surface area contributed by atoms with Crippen molar-refractivity contribution in [3.63, 3.8) is 0 Å². The van der Waals surface area contributed by atoms with Crippen LogP contribution in [0.15, 0.2) is 29.4 Å². The van der Waals surface area contributed by atoms with E-state index in [2.05, 4.69) is 20.2 Å². The van der Waals surface area contributed by atoms with Gasteiger partial charge in [-0.25, -0.2) is 4.39 Å². The number of rotatable bonds is 6. The number of aromatic nitrogens is 2. The number of anilines is 1. The van der Waals surface area contributed by atoms with Crippen LogP contribution in [0.3, 0.4) is 0 Å². The van der Waals surface area contributed by atoms with Gasteiger partial charge < -0.3 is 5.32 Å².